The van der Waals surface area contributed by atoms with Crippen LogP contribution in [0.15, 0.2) is 21.3 Å². The van der Waals surface area contributed by atoms with E-state index in [-0.39, 0.29) is 0 Å². The van der Waals surface area contributed by atoms with Crippen molar-refractivity contribution < 1.29 is 0 Å². The van der Waals surface area contributed by atoms with Gasteiger partial charge in [0.2, 0.25) is 0 Å². The first kappa shape index (κ1) is 8.26. The number of nitrogens with one attached hydrogen (secondary N) is 1. The second-order valence-electron chi connectivity index (χ2n) is 2.59. The van der Waals surface area contributed by atoms with Gasteiger partial charge >= 0.3 is 0 Å². The van der Waals surface area contributed by atoms with Crippen molar-refractivity contribution in [3.8, 4) is 0 Å². The predicted molar refractivity (Wildman–Crippen MR) is 56.2 cm³/mol. The number of fused-ring (bicyclic) bond motifs is 1. The van der Waals surface area contributed by atoms with Crippen molar-refractivity contribution in [2.45, 2.75) is 6.92 Å². The van der Waals surface area contributed by atoms with E-state index in [0.29, 0.717) is 0 Å². The van der Waals surface area contributed by atoms with Crippen molar-refractivity contribution >= 4 is 42.9 Å². The van der Waals surface area contributed by atoms with Crippen LogP contribution in [0.2, 0.25) is 0 Å². The van der Waals surface area contributed by atoms with Crippen LogP contribution in [-0.4, -0.2) is 9.97 Å². The third kappa shape index (κ3) is 1.10. The lowest BCUT2D eigenvalue weighted by Crippen LogP contribution is -1.81. The second-order valence-corrected chi connectivity index (χ2v) is 4.30. The largest absolute Gasteiger partial charge is 0.345 e. The molecule has 2 heterocycles. The van der Waals surface area contributed by atoms with Gasteiger partial charge in [0, 0.05) is 26.7 Å². The van der Waals surface area contributed by atoms with E-state index >= 15 is 0 Å². The third-order valence-electron chi connectivity index (χ3n) is 1.85. The Hall–Kier alpha value is -0.350. The molecule has 0 aliphatic heterocycles. The lowest BCUT2D eigenvalue weighted by molar-refractivity contribution is 1.29. The monoisotopic (exact) mass is 288 g/mol. The normalized spacial score (nSPS) is 10.9. The van der Waals surface area contributed by atoms with Gasteiger partial charge in [-0.2, -0.15) is 0 Å². The van der Waals surface area contributed by atoms with E-state index in [1.54, 1.807) is 6.20 Å². The molecule has 2 rings (SSSR count). The van der Waals surface area contributed by atoms with E-state index in [4.69, 9.17) is 0 Å². The molecule has 0 saturated carbocycles. The van der Waals surface area contributed by atoms with Crippen molar-refractivity contribution in [2.24, 2.45) is 0 Å². The van der Waals surface area contributed by atoms with Crippen LogP contribution in [-0.2, 0) is 0 Å². The zero-order chi connectivity index (χ0) is 8.72. The highest BCUT2D eigenvalue weighted by molar-refractivity contribution is 9.11. The van der Waals surface area contributed by atoms with Gasteiger partial charge in [0.05, 0.1) is 0 Å². The van der Waals surface area contributed by atoms with Crippen LogP contribution in [0.5, 0.6) is 0 Å². The van der Waals surface area contributed by atoms with Gasteiger partial charge in [-0.25, -0.2) is 4.98 Å². The fourth-order valence-electron chi connectivity index (χ4n) is 1.19. The minimum Gasteiger partial charge on any atom is -0.345 e. The molecule has 2 aromatic heterocycles. The highest BCUT2D eigenvalue weighted by atomic mass is 79.9. The van der Waals surface area contributed by atoms with E-state index in [0.717, 1.165) is 20.0 Å². The van der Waals surface area contributed by atoms with Crippen LogP contribution in [0.25, 0.3) is 11.0 Å². The first-order valence-electron chi connectivity index (χ1n) is 3.48. The molecule has 0 saturated heterocycles. The van der Waals surface area contributed by atoms with Crippen molar-refractivity contribution in [1.82, 2.24) is 9.97 Å². The van der Waals surface area contributed by atoms with Gasteiger partial charge in [-0.05, 0) is 44.3 Å². The molecule has 0 atom stereocenters. The number of H-pyrrole nitrogens is 1. The van der Waals surface area contributed by atoms with Crippen LogP contribution in [0.1, 0.15) is 5.56 Å². The van der Waals surface area contributed by atoms with Gasteiger partial charge in [-0.1, -0.05) is 0 Å². The van der Waals surface area contributed by atoms with Gasteiger partial charge in [-0.3, -0.25) is 0 Å². The summed E-state index contributed by atoms with van der Waals surface area (Å²) in [7, 11) is 0. The van der Waals surface area contributed by atoms with Gasteiger partial charge in [0.1, 0.15) is 5.65 Å². The number of halogens is 2. The zero-order valence-corrected chi connectivity index (χ0v) is 9.53. The Labute approximate surface area is 86.6 Å². The molecule has 0 spiro atoms. The highest BCUT2D eigenvalue weighted by Crippen LogP contribution is 2.29. The van der Waals surface area contributed by atoms with E-state index in [1.165, 1.54) is 5.56 Å². The third-order valence-corrected chi connectivity index (χ3v) is 3.28. The maximum absolute atomic E-state index is 4.23. The number of hydrogen-bond acceptors (Lipinski definition) is 1. The zero-order valence-electron chi connectivity index (χ0n) is 6.36. The summed E-state index contributed by atoms with van der Waals surface area (Å²) >= 11 is 6.90. The summed E-state index contributed by atoms with van der Waals surface area (Å²) in [5, 5.41) is 1.14. The van der Waals surface area contributed by atoms with Crippen LogP contribution in [0, 0.1) is 6.92 Å². The fourth-order valence-corrected chi connectivity index (χ4v) is 2.09. The number of rotatable bonds is 0. The molecular weight excluding hydrogens is 284 g/mol. The summed E-state index contributed by atoms with van der Waals surface area (Å²) in [5.74, 6) is 0. The number of aromatic nitrogens is 2. The Balaban J connectivity index is 2.96. The number of hydrogen-bond donors (Lipinski definition) is 1. The molecule has 2 nitrogen and oxygen atoms in total. The Morgan fingerprint density at radius 3 is 2.83 bits per heavy atom. The first-order valence-corrected chi connectivity index (χ1v) is 5.06. The minimum atomic E-state index is 0.919. The molecule has 0 unspecified atom stereocenters. The summed E-state index contributed by atoms with van der Waals surface area (Å²) in [6, 6.07) is 0. The Morgan fingerprint density at radius 1 is 1.33 bits per heavy atom. The van der Waals surface area contributed by atoms with Crippen molar-refractivity contribution in [3.05, 3.63) is 26.9 Å². The number of nitrogens with zero attached hydrogens (tertiary/aromatic N) is 1. The SMILES string of the molecule is Cc1c(Br)cnc2[nH]cc(Br)c12. The van der Waals surface area contributed by atoms with Crippen molar-refractivity contribution in [1.29, 1.82) is 0 Å². The molecular formula is C8H6Br2N2. The Bertz CT molecular complexity index is 434. The summed E-state index contributed by atoms with van der Waals surface area (Å²) in [6.45, 7) is 2.06. The molecule has 0 aliphatic rings. The minimum absolute atomic E-state index is 0.919. The van der Waals surface area contributed by atoms with Gasteiger partial charge in [0.15, 0.2) is 0 Å². The fraction of sp³-hybridized carbons (Fsp3) is 0.125. The summed E-state index contributed by atoms with van der Waals surface area (Å²) in [5.41, 5.74) is 2.12. The van der Waals surface area contributed by atoms with Gasteiger partial charge in [0.25, 0.3) is 0 Å². The lowest BCUT2D eigenvalue weighted by atomic mass is 10.2. The van der Waals surface area contributed by atoms with Crippen LogP contribution < -0.4 is 0 Å². The topological polar surface area (TPSA) is 28.7 Å². The average molecular weight is 290 g/mol. The molecule has 1 N–H and O–H groups in total. The molecule has 0 aliphatic carbocycles. The van der Waals surface area contributed by atoms with Gasteiger partial charge in [-0.15, -0.1) is 0 Å². The van der Waals surface area contributed by atoms with E-state index in [1.807, 2.05) is 6.20 Å². The smallest absolute Gasteiger partial charge is 0.138 e. The van der Waals surface area contributed by atoms with E-state index in [9.17, 15) is 0 Å². The Kier molecular flexibility index (Phi) is 1.96. The van der Waals surface area contributed by atoms with Crippen LogP contribution >= 0.6 is 31.9 Å². The predicted octanol–water partition coefficient (Wildman–Crippen LogP) is 3.40. The molecule has 0 amide bonds. The molecule has 12 heavy (non-hydrogen) atoms. The maximum Gasteiger partial charge on any atom is 0.138 e. The maximum atomic E-state index is 4.23. The van der Waals surface area contributed by atoms with E-state index < -0.39 is 0 Å². The van der Waals surface area contributed by atoms with Crippen LogP contribution in [0.3, 0.4) is 0 Å². The summed E-state index contributed by atoms with van der Waals surface area (Å²) in [4.78, 5) is 7.31. The Morgan fingerprint density at radius 2 is 2.08 bits per heavy atom. The summed E-state index contributed by atoms with van der Waals surface area (Å²) < 4.78 is 2.10. The molecule has 0 fully saturated rings. The van der Waals surface area contributed by atoms with Crippen LogP contribution in [0.4, 0.5) is 0 Å². The molecule has 4 heteroatoms. The lowest BCUT2D eigenvalue weighted by Gasteiger charge is -1.98. The standard InChI is InChI=1S/C8H6Br2N2/c1-4-5(9)2-11-8-7(4)6(10)3-12-8/h2-3H,1H3,(H,11,12). The molecule has 2 aromatic rings. The molecule has 0 bridgehead atoms. The molecule has 0 aromatic carbocycles. The van der Waals surface area contributed by atoms with Crippen molar-refractivity contribution in [3.63, 3.8) is 0 Å². The average Bonchev–Trinajstić information content (AvgIpc) is 2.41. The van der Waals surface area contributed by atoms with E-state index in [2.05, 4.69) is 48.8 Å². The molecule has 62 valence electrons. The highest BCUT2D eigenvalue weighted by Gasteiger charge is 2.06. The quantitative estimate of drug-likeness (QED) is 0.791. The first-order chi connectivity index (χ1) is 5.70. The number of pyridine rings is 1. The van der Waals surface area contributed by atoms with Crippen molar-refractivity contribution in [2.75, 3.05) is 0 Å². The number of aromatic amines is 1. The second kappa shape index (κ2) is 2.85. The summed E-state index contributed by atoms with van der Waals surface area (Å²) in [6.07, 6.45) is 3.71. The molecule has 0 radical (unpaired) electrons. The number of aryl methyl sites for hydroxylation is 1. The van der Waals surface area contributed by atoms with Gasteiger partial charge < -0.3 is 4.98 Å².